The van der Waals surface area contributed by atoms with E-state index >= 15 is 0 Å². The van der Waals surface area contributed by atoms with E-state index in [1.807, 2.05) is 16.8 Å². The first-order valence-corrected chi connectivity index (χ1v) is 7.17. The molecule has 0 radical (unpaired) electrons. The lowest BCUT2D eigenvalue weighted by Gasteiger charge is -2.28. The van der Waals surface area contributed by atoms with Crippen molar-refractivity contribution < 1.29 is 0 Å². The van der Waals surface area contributed by atoms with Gasteiger partial charge in [0, 0.05) is 29.9 Å². The Labute approximate surface area is 115 Å². The molecule has 2 rings (SSSR count). The summed E-state index contributed by atoms with van der Waals surface area (Å²) in [6.07, 6.45) is 4.94. The Morgan fingerprint density at radius 2 is 2.05 bits per heavy atom. The van der Waals surface area contributed by atoms with Crippen LogP contribution in [-0.2, 0) is 0 Å². The van der Waals surface area contributed by atoms with E-state index in [0.717, 1.165) is 24.3 Å². The van der Waals surface area contributed by atoms with Crippen LogP contribution in [0.25, 0.3) is 5.65 Å². The van der Waals surface area contributed by atoms with Gasteiger partial charge in [0.2, 0.25) is 0 Å². The first-order valence-electron chi connectivity index (χ1n) is 7.17. The zero-order valence-corrected chi connectivity index (χ0v) is 12.3. The molecule has 0 saturated heterocycles. The second-order valence-corrected chi connectivity index (χ2v) is 5.50. The fourth-order valence-electron chi connectivity index (χ4n) is 2.69. The molecule has 0 saturated carbocycles. The number of fused-ring (bicyclic) bond motifs is 1. The highest BCUT2D eigenvalue weighted by Gasteiger charge is 2.23. The predicted molar refractivity (Wildman–Crippen MR) is 78.3 cm³/mol. The molecular weight excluding hydrogens is 236 g/mol. The molecule has 0 aliphatic carbocycles. The second-order valence-electron chi connectivity index (χ2n) is 5.50. The summed E-state index contributed by atoms with van der Waals surface area (Å²) in [6, 6.07) is 4.47. The van der Waals surface area contributed by atoms with Crippen LogP contribution in [0.4, 0.5) is 0 Å². The largest absolute Gasteiger partial charge is 0.314 e. The van der Waals surface area contributed by atoms with Gasteiger partial charge in [0.1, 0.15) is 0 Å². The van der Waals surface area contributed by atoms with Crippen LogP contribution < -0.4 is 5.32 Å². The molecule has 0 spiro atoms. The topological polar surface area (TPSA) is 42.2 Å². The van der Waals surface area contributed by atoms with Gasteiger partial charge in [-0.05, 0) is 31.9 Å². The number of nitrogens with zero attached hydrogens (tertiary/aromatic N) is 3. The summed E-state index contributed by atoms with van der Waals surface area (Å²) in [5.74, 6) is 0.976. The van der Waals surface area contributed by atoms with Crippen molar-refractivity contribution in [1.29, 1.82) is 0 Å². The summed E-state index contributed by atoms with van der Waals surface area (Å²) in [7, 11) is 0. The molecule has 4 heteroatoms. The minimum atomic E-state index is 0.423. The third-order valence-corrected chi connectivity index (χ3v) is 3.59. The maximum absolute atomic E-state index is 4.75. The molecule has 2 aromatic heterocycles. The lowest BCUT2D eigenvalue weighted by Crippen LogP contribution is -2.35. The zero-order chi connectivity index (χ0) is 13.8. The minimum Gasteiger partial charge on any atom is -0.314 e. The van der Waals surface area contributed by atoms with Crippen molar-refractivity contribution in [2.75, 3.05) is 6.54 Å². The van der Waals surface area contributed by atoms with E-state index in [2.05, 4.69) is 44.2 Å². The van der Waals surface area contributed by atoms with Crippen molar-refractivity contribution in [3.05, 3.63) is 30.2 Å². The Balaban J connectivity index is 2.26. The van der Waals surface area contributed by atoms with Crippen LogP contribution in [-0.4, -0.2) is 27.2 Å². The average molecular weight is 260 g/mol. The molecule has 1 N–H and O–H groups in total. The van der Waals surface area contributed by atoms with Crippen molar-refractivity contribution in [3.8, 4) is 0 Å². The lowest BCUT2D eigenvalue weighted by molar-refractivity contribution is 0.371. The van der Waals surface area contributed by atoms with E-state index in [1.54, 1.807) is 6.20 Å². The fraction of sp³-hybridized carbons (Fsp3) is 0.600. The molecule has 0 aliphatic rings. The maximum Gasteiger partial charge on any atom is 0.155 e. The summed E-state index contributed by atoms with van der Waals surface area (Å²) < 4.78 is 1.81. The summed E-state index contributed by atoms with van der Waals surface area (Å²) in [4.78, 5) is 4.75. The third kappa shape index (κ3) is 3.13. The van der Waals surface area contributed by atoms with Crippen LogP contribution in [0.3, 0.4) is 0 Å². The van der Waals surface area contributed by atoms with Crippen LogP contribution in [0.1, 0.15) is 45.7 Å². The minimum absolute atomic E-state index is 0.423. The molecular formula is C15H24N4. The standard InChI is InChI=1S/C15H24N4/c1-5-8-16-12(4)15(11(2)3)13-7-10-19-14(18-13)6-9-17-19/h6-7,9-12,15-16H,5,8H2,1-4H3. The van der Waals surface area contributed by atoms with Crippen molar-refractivity contribution >= 4 is 5.65 Å². The van der Waals surface area contributed by atoms with Gasteiger partial charge in [-0.2, -0.15) is 5.10 Å². The van der Waals surface area contributed by atoms with Gasteiger partial charge < -0.3 is 5.32 Å². The molecule has 0 bridgehead atoms. The van der Waals surface area contributed by atoms with Gasteiger partial charge >= 0.3 is 0 Å². The Kier molecular flexibility index (Phi) is 4.53. The third-order valence-electron chi connectivity index (χ3n) is 3.59. The number of hydrogen-bond acceptors (Lipinski definition) is 3. The first kappa shape index (κ1) is 14.0. The monoisotopic (exact) mass is 260 g/mol. The molecule has 19 heavy (non-hydrogen) atoms. The Morgan fingerprint density at radius 3 is 2.74 bits per heavy atom. The van der Waals surface area contributed by atoms with Crippen LogP contribution in [0.15, 0.2) is 24.5 Å². The molecule has 0 fully saturated rings. The molecule has 0 aromatic carbocycles. The molecule has 2 unspecified atom stereocenters. The first-order chi connectivity index (χ1) is 9.13. The smallest absolute Gasteiger partial charge is 0.155 e. The predicted octanol–water partition coefficient (Wildman–Crippen LogP) is 2.86. The summed E-state index contributed by atoms with van der Waals surface area (Å²) in [6.45, 7) is 10.0. The molecule has 0 amide bonds. The summed E-state index contributed by atoms with van der Waals surface area (Å²) in [5.41, 5.74) is 2.07. The molecule has 2 atom stereocenters. The molecule has 2 heterocycles. The van der Waals surface area contributed by atoms with E-state index in [-0.39, 0.29) is 0 Å². The highest BCUT2D eigenvalue weighted by atomic mass is 15.2. The van der Waals surface area contributed by atoms with E-state index in [0.29, 0.717) is 17.9 Å². The van der Waals surface area contributed by atoms with Gasteiger partial charge in [0.05, 0.1) is 6.20 Å². The molecule has 0 aliphatic heterocycles. The van der Waals surface area contributed by atoms with Gasteiger partial charge in [-0.3, -0.25) is 0 Å². The Bertz CT molecular complexity index is 518. The van der Waals surface area contributed by atoms with Crippen LogP contribution in [0.5, 0.6) is 0 Å². The van der Waals surface area contributed by atoms with Crippen molar-refractivity contribution in [1.82, 2.24) is 19.9 Å². The summed E-state index contributed by atoms with van der Waals surface area (Å²) >= 11 is 0. The van der Waals surface area contributed by atoms with E-state index in [4.69, 9.17) is 4.98 Å². The normalized spacial score (nSPS) is 15.0. The van der Waals surface area contributed by atoms with E-state index in [9.17, 15) is 0 Å². The number of aromatic nitrogens is 3. The quantitative estimate of drug-likeness (QED) is 0.868. The van der Waals surface area contributed by atoms with Crippen molar-refractivity contribution in [2.45, 2.75) is 46.1 Å². The Hall–Kier alpha value is -1.42. The van der Waals surface area contributed by atoms with Gasteiger partial charge in [-0.15, -0.1) is 0 Å². The van der Waals surface area contributed by atoms with Crippen LogP contribution >= 0.6 is 0 Å². The average Bonchev–Trinajstić information content (AvgIpc) is 2.83. The maximum atomic E-state index is 4.75. The van der Waals surface area contributed by atoms with E-state index < -0.39 is 0 Å². The summed E-state index contributed by atoms with van der Waals surface area (Å²) in [5, 5.41) is 7.79. The molecule has 104 valence electrons. The van der Waals surface area contributed by atoms with Crippen molar-refractivity contribution in [2.24, 2.45) is 5.92 Å². The lowest BCUT2D eigenvalue weighted by atomic mass is 9.86. The highest BCUT2D eigenvalue weighted by molar-refractivity contribution is 5.37. The Morgan fingerprint density at radius 1 is 1.26 bits per heavy atom. The number of hydrogen-bond donors (Lipinski definition) is 1. The molecule has 4 nitrogen and oxygen atoms in total. The van der Waals surface area contributed by atoms with E-state index in [1.165, 1.54) is 0 Å². The van der Waals surface area contributed by atoms with Gasteiger partial charge in [0.15, 0.2) is 5.65 Å². The molecule has 2 aromatic rings. The highest BCUT2D eigenvalue weighted by Crippen LogP contribution is 2.26. The van der Waals surface area contributed by atoms with Gasteiger partial charge in [-0.25, -0.2) is 9.50 Å². The fourth-order valence-corrected chi connectivity index (χ4v) is 2.69. The number of rotatable bonds is 6. The second kappa shape index (κ2) is 6.15. The van der Waals surface area contributed by atoms with Gasteiger partial charge in [0.25, 0.3) is 0 Å². The SMILES string of the molecule is CCCNC(C)C(c1ccn2nccc2n1)C(C)C. The van der Waals surface area contributed by atoms with Gasteiger partial charge in [-0.1, -0.05) is 20.8 Å². The number of nitrogens with one attached hydrogen (secondary N) is 1. The van der Waals surface area contributed by atoms with Crippen LogP contribution in [0.2, 0.25) is 0 Å². The zero-order valence-electron chi connectivity index (χ0n) is 12.3. The van der Waals surface area contributed by atoms with Crippen molar-refractivity contribution in [3.63, 3.8) is 0 Å². The van der Waals surface area contributed by atoms with Crippen LogP contribution in [0, 0.1) is 5.92 Å².